The van der Waals surface area contributed by atoms with Crippen molar-refractivity contribution in [2.45, 2.75) is 64.5 Å². The Bertz CT molecular complexity index is 274. The number of hydrogen-bond acceptors (Lipinski definition) is 3. The lowest BCUT2D eigenvalue weighted by Crippen LogP contribution is -2.49. The minimum Gasteiger partial charge on any atom is -0.396 e. The topological polar surface area (TPSA) is 58.6 Å². The Morgan fingerprint density at radius 3 is 2.39 bits per heavy atom. The predicted molar refractivity (Wildman–Crippen MR) is 71.3 cm³/mol. The number of rotatable bonds is 6. The molecule has 0 aliphatic heterocycles. The van der Waals surface area contributed by atoms with Crippen LogP contribution in [-0.2, 0) is 9.53 Å². The normalized spacial score (nSPS) is 20.1. The van der Waals surface area contributed by atoms with Crippen molar-refractivity contribution in [1.82, 2.24) is 5.32 Å². The van der Waals surface area contributed by atoms with Gasteiger partial charge in [0.2, 0.25) is 5.91 Å². The van der Waals surface area contributed by atoms with Crippen molar-refractivity contribution >= 4 is 5.91 Å². The maximum absolute atomic E-state index is 12.1. The molecule has 1 unspecified atom stereocenters. The molecule has 0 spiro atoms. The van der Waals surface area contributed by atoms with Crippen LogP contribution in [0.1, 0.15) is 52.9 Å². The minimum atomic E-state index is -0.230. The number of carbonyl (C=O) groups excluding carboxylic acids is 1. The van der Waals surface area contributed by atoms with Gasteiger partial charge in [0.1, 0.15) is 0 Å². The third-order valence-electron chi connectivity index (χ3n) is 3.98. The summed E-state index contributed by atoms with van der Waals surface area (Å²) in [6, 6.07) is 0.00369. The standard InChI is InChI=1S/C14H27NO3/c1-13(2,3)11(6-9-16)15-12(17)10-14(18-4)7-5-8-14/h11,16H,5-10H2,1-4H3,(H,15,17). The highest BCUT2D eigenvalue weighted by atomic mass is 16.5. The van der Waals surface area contributed by atoms with Gasteiger partial charge >= 0.3 is 0 Å². The van der Waals surface area contributed by atoms with E-state index in [2.05, 4.69) is 26.1 Å². The monoisotopic (exact) mass is 257 g/mol. The van der Waals surface area contributed by atoms with Gasteiger partial charge in [-0.1, -0.05) is 20.8 Å². The number of aliphatic hydroxyl groups is 1. The van der Waals surface area contributed by atoms with E-state index >= 15 is 0 Å². The highest BCUT2D eigenvalue weighted by Gasteiger charge is 2.39. The number of ether oxygens (including phenoxy) is 1. The molecule has 0 heterocycles. The van der Waals surface area contributed by atoms with Crippen LogP contribution in [0.3, 0.4) is 0 Å². The molecular weight excluding hydrogens is 230 g/mol. The first kappa shape index (κ1) is 15.4. The molecule has 1 aliphatic carbocycles. The van der Waals surface area contributed by atoms with Gasteiger partial charge in [0.05, 0.1) is 12.0 Å². The molecular formula is C14H27NO3. The van der Waals surface area contributed by atoms with E-state index < -0.39 is 0 Å². The van der Waals surface area contributed by atoms with Crippen LogP contribution >= 0.6 is 0 Å². The van der Waals surface area contributed by atoms with Crippen LogP contribution in [0.25, 0.3) is 0 Å². The van der Waals surface area contributed by atoms with Crippen LogP contribution in [0.15, 0.2) is 0 Å². The third-order valence-corrected chi connectivity index (χ3v) is 3.98. The molecule has 1 amide bonds. The number of aliphatic hydroxyl groups excluding tert-OH is 1. The van der Waals surface area contributed by atoms with E-state index in [1.807, 2.05) is 0 Å². The van der Waals surface area contributed by atoms with Crippen molar-refractivity contribution < 1.29 is 14.6 Å². The van der Waals surface area contributed by atoms with Crippen LogP contribution in [-0.4, -0.2) is 36.4 Å². The number of hydrogen-bond donors (Lipinski definition) is 2. The number of nitrogens with one attached hydrogen (secondary N) is 1. The average molecular weight is 257 g/mol. The summed E-state index contributed by atoms with van der Waals surface area (Å²) in [7, 11) is 1.68. The van der Waals surface area contributed by atoms with Gasteiger partial charge in [-0.3, -0.25) is 4.79 Å². The van der Waals surface area contributed by atoms with Crippen molar-refractivity contribution in [1.29, 1.82) is 0 Å². The Kier molecular flexibility index (Phi) is 5.17. The van der Waals surface area contributed by atoms with Gasteiger partial charge in [0.15, 0.2) is 0 Å². The van der Waals surface area contributed by atoms with Gasteiger partial charge in [-0.15, -0.1) is 0 Å². The summed E-state index contributed by atoms with van der Waals surface area (Å²) >= 11 is 0. The van der Waals surface area contributed by atoms with Crippen molar-refractivity contribution in [2.75, 3.05) is 13.7 Å². The summed E-state index contributed by atoms with van der Waals surface area (Å²) in [6.45, 7) is 6.31. The Balaban J connectivity index is 2.51. The summed E-state index contributed by atoms with van der Waals surface area (Å²) < 4.78 is 5.46. The zero-order valence-electron chi connectivity index (χ0n) is 12.1. The second-order valence-electron chi connectivity index (χ2n) is 6.42. The van der Waals surface area contributed by atoms with E-state index in [0.29, 0.717) is 12.8 Å². The average Bonchev–Trinajstić information content (AvgIpc) is 2.21. The van der Waals surface area contributed by atoms with Crippen molar-refractivity contribution in [3.8, 4) is 0 Å². The molecule has 1 fully saturated rings. The summed E-state index contributed by atoms with van der Waals surface area (Å²) in [5, 5.41) is 12.1. The van der Waals surface area contributed by atoms with Crippen molar-refractivity contribution in [3.05, 3.63) is 0 Å². The molecule has 1 rings (SSSR count). The molecule has 1 atom stereocenters. The van der Waals surface area contributed by atoms with E-state index in [1.54, 1.807) is 7.11 Å². The molecule has 4 nitrogen and oxygen atoms in total. The van der Waals surface area contributed by atoms with Crippen LogP contribution < -0.4 is 5.32 Å². The molecule has 0 aromatic heterocycles. The van der Waals surface area contributed by atoms with E-state index in [0.717, 1.165) is 19.3 Å². The van der Waals surface area contributed by atoms with Crippen molar-refractivity contribution in [2.24, 2.45) is 5.41 Å². The minimum absolute atomic E-state index is 0.00369. The van der Waals surface area contributed by atoms with Crippen LogP contribution in [0.5, 0.6) is 0 Å². The van der Waals surface area contributed by atoms with E-state index in [1.165, 1.54) is 0 Å². The van der Waals surface area contributed by atoms with Crippen LogP contribution in [0.2, 0.25) is 0 Å². The fourth-order valence-electron chi connectivity index (χ4n) is 2.41. The molecule has 1 aliphatic rings. The van der Waals surface area contributed by atoms with Crippen molar-refractivity contribution in [3.63, 3.8) is 0 Å². The van der Waals surface area contributed by atoms with Gasteiger partial charge in [-0.2, -0.15) is 0 Å². The largest absolute Gasteiger partial charge is 0.396 e. The molecule has 1 saturated carbocycles. The maximum Gasteiger partial charge on any atom is 0.223 e. The van der Waals surface area contributed by atoms with Gasteiger partial charge < -0.3 is 15.2 Å². The molecule has 0 aromatic carbocycles. The summed E-state index contributed by atoms with van der Waals surface area (Å²) in [5.74, 6) is 0.0323. The van der Waals surface area contributed by atoms with Crippen LogP contribution in [0.4, 0.5) is 0 Å². The fourth-order valence-corrected chi connectivity index (χ4v) is 2.41. The highest BCUT2D eigenvalue weighted by Crippen LogP contribution is 2.38. The number of methoxy groups -OCH3 is 1. The molecule has 18 heavy (non-hydrogen) atoms. The van der Waals surface area contributed by atoms with E-state index in [9.17, 15) is 4.79 Å². The number of carbonyl (C=O) groups is 1. The van der Waals surface area contributed by atoms with E-state index in [4.69, 9.17) is 9.84 Å². The molecule has 106 valence electrons. The summed E-state index contributed by atoms with van der Waals surface area (Å²) in [6.07, 6.45) is 4.10. The second kappa shape index (κ2) is 6.02. The summed E-state index contributed by atoms with van der Waals surface area (Å²) in [4.78, 5) is 12.1. The predicted octanol–water partition coefficient (Wildman–Crippen LogP) is 1.86. The van der Waals surface area contributed by atoms with Gasteiger partial charge in [-0.25, -0.2) is 0 Å². The zero-order chi connectivity index (χ0) is 13.8. The first-order chi connectivity index (χ1) is 8.33. The lowest BCUT2D eigenvalue weighted by molar-refractivity contribution is -0.135. The molecule has 0 radical (unpaired) electrons. The third kappa shape index (κ3) is 3.95. The van der Waals surface area contributed by atoms with Gasteiger partial charge in [-0.05, 0) is 31.1 Å². The zero-order valence-corrected chi connectivity index (χ0v) is 12.1. The highest BCUT2D eigenvalue weighted by molar-refractivity contribution is 5.77. The van der Waals surface area contributed by atoms with Gasteiger partial charge in [0.25, 0.3) is 0 Å². The quantitative estimate of drug-likeness (QED) is 0.763. The Hall–Kier alpha value is -0.610. The lowest BCUT2D eigenvalue weighted by atomic mass is 9.77. The molecule has 0 aromatic rings. The van der Waals surface area contributed by atoms with E-state index in [-0.39, 0.29) is 29.6 Å². The molecule has 4 heteroatoms. The Morgan fingerprint density at radius 1 is 1.44 bits per heavy atom. The first-order valence-electron chi connectivity index (χ1n) is 6.78. The Labute approximate surface area is 110 Å². The molecule has 2 N–H and O–H groups in total. The van der Waals surface area contributed by atoms with Crippen LogP contribution in [0, 0.1) is 5.41 Å². The van der Waals surface area contributed by atoms with Gasteiger partial charge in [0, 0.05) is 19.8 Å². The molecule has 0 saturated heterocycles. The lowest BCUT2D eigenvalue weighted by Gasteiger charge is -2.41. The maximum atomic E-state index is 12.1. The number of amides is 1. The molecule has 0 bridgehead atoms. The Morgan fingerprint density at radius 2 is 2.06 bits per heavy atom. The fraction of sp³-hybridized carbons (Fsp3) is 0.929. The SMILES string of the molecule is COC1(CC(=O)NC(CCO)C(C)(C)C)CCC1. The smallest absolute Gasteiger partial charge is 0.223 e. The first-order valence-corrected chi connectivity index (χ1v) is 6.78. The second-order valence-corrected chi connectivity index (χ2v) is 6.42. The summed E-state index contributed by atoms with van der Waals surface area (Å²) in [5.41, 5.74) is -0.274.